The van der Waals surface area contributed by atoms with E-state index in [1.807, 2.05) is 19.9 Å². The number of unbranched alkanes of at least 4 members (excludes halogenated alkanes) is 2. The molecule has 0 saturated carbocycles. The van der Waals surface area contributed by atoms with Gasteiger partial charge in [-0.05, 0) is 59.9 Å². The second-order valence-corrected chi connectivity index (χ2v) is 15.5. The third-order valence-electron chi connectivity index (χ3n) is 8.51. The molecular formula is C34H55O2P. The Kier molecular flexibility index (Phi) is 10.5. The molecule has 0 bridgehead atoms. The molecule has 0 radical (unpaired) electrons. The van der Waals surface area contributed by atoms with Crippen LogP contribution in [0.15, 0.2) is 36.4 Å². The molecule has 37 heavy (non-hydrogen) atoms. The van der Waals surface area contributed by atoms with Crippen LogP contribution >= 0.6 is 8.58 Å². The number of phenolic OH excluding ortho intramolecular Hbond substituents is 1. The average Bonchev–Trinajstić information content (AvgIpc) is 2.80. The van der Waals surface area contributed by atoms with Crippen molar-refractivity contribution in [2.45, 2.75) is 136 Å². The van der Waals surface area contributed by atoms with Crippen LogP contribution in [-0.4, -0.2) is 10.2 Å². The fourth-order valence-electron chi connectivity index (χ4n) is 5.33. The maximum Gasteiger partial charge on any atom is 0.123 e. The van der Waals surface area contributed by atoms with Crippen molar-refractivity contribution in [3.63, 3.8) is 0 Å². The zero-order chi connectivity index (χ0) is 28.2. The van der Waals surface area contributed by atoms with Gasteiger partial charge in [-0.2, -0.15) is 0 Å². The SMILES string of the molecule is CCCCC(C)C(C)(C)c1cc(C(C)(C)C)cc(C(C)(CCCC)Pc2ccccc2C(C)(C)O)c1O. The highest BCUT2D eigenvalue weighted by atomic mass is 31.1. The van der Waals surface area contributed by atoms with Gasteiger partial charge in [0.1, 0.15) is 5.75 Å². The lowest BCUT2D eigenvalue weighted by atomic mass is 9.69. The maximum atomic E-state index is 12.1. The molecule has 2 aromatic rings. The molecule has 0 aliphatic rings. The largest absolute Gasteiger partial charge is 0.507 e. The predicted octanol–water partition coefficient (Wildman–Crippen LogP) is 9.43. The van der Waals surface area contributed by atoms with Crippen LogP contribution < -0.4 is 5.30 Å². The predicted molar refractivity (Wildman–Crippen MR) is 165 cm³/mol. The monoisotopic (exact) mass is 526 g/mol. The minimum Gasteiger partial charge on any atom is -0.507 e. The van der Waals surface area contributed by atoms with Gasteiger partial charge in [-0.1, -0.05) is 133 Å². The quantitative estimate of drug-likeness (QED) is 0.270. The topological polar surface area (TPSA) is 40.5 Å². The van der Waals surface area contributed by atoms with Crippen molar-refractivity contribution in [1.29, 1.82) is 0 Å². The van der Waals surface area contributed by atoms with Crippen molar-refractivity contribution in [3.05, 3.63) is 58.7 Å². The van der Waals surface area contributed by atoms with Gasteiger partial charge in [-0.15, -0.1) is 0 Å². The number of aromatic hydroxyl groups is 1. The Hall–Kier alpha value is -1.37. The zero-order valence-electron chi connectivity index (χ0n) is 25.7. The Morgan fingerprint density at radius 2 is 1.38 bits per heavy atom. The third-order valence-corrected chi connectivity index (χ3v) is 10.3. The lowest BCUT2D eigenvalue weighted by molar-refractivity contribution is 0.0797. The van der Waals surface area contributed by atoms with Crippen LogP contribution in [0.1, 0.15) is 137 Å². The molecule has 2 N–H and O–H groups in total. The van der Waals surface area contributed by atoms with Gasteiger partial charge >= 0.3 is 0 Å². The van der Waals surface area contributed by atoms with Crippen LogP contribution in [0.2, 0.25) is 0 Å². The van der Waals surface area contributed by atoms with Gasteiger partial charge in [0.15, 0.2) is 0 Å². The summed E-state index contributed by atoms with van der Waals surface area (Å²) >= 11 is 0. The van der Waals surface area contributed by atoms with Crippen molar-refractivity contribution in [2.24, 2.45) is 5.92 Å². The van der Waals surface area contributed by atoms with Crippen LogP contribution in [-0.2, 0) is 21.6 Å². The van der Waals surface area contributed by atoms with E-state index in [0.717, 1.165) is 42.4 Å². The van der Waals surface area contributed by atoms with Crippen LogP contribution in [0, 0.1) is 5.92 Å². The van der Waals surface area contributed by atoms with Gasteiger partial charge in [0.25, 0.3) is 0 Å². The van der Waals surface area contributed by atoms with Gasteiger partial charge in [-0.25, -0.2) is 0 Å². The molecule has 0 heterocycles. The molecule has 3 unspecified atom stereocenters. The van der Waals surface area contributed by atoms with Crippen molar-refractivity contribution in [3.8, 4) is 5.75 Å². The van der Waals surface area contributed by atoms with Gasteiger partial charge in [-0.3, -0.25) is 0 Å². The van der Waals surface area contributed by atoms with Crippen molar-refractivity contribution < 1.29 is 10.2 Å². The lowest BCUT2D eigenvalue weighted by Gasteiger charge is -2.39. The Morgan fingerprint density at radius 1 is 0.811 bits per heavy atom. The third kappa shape index (κ3) is 7.60. The molecule has 0 aliphatic carbocycles. The van der Waals surface area contributed by atoms with Crippen LogP contribution in [0.3, 0.4) is 0 Å². The lowest BCUT2D eigenvalue weighted by Crippen LogP contribution is -2.30. The maximum absolute atomic E-state index is 12.1. The van der Waals surface area contributed by atoms with E-state index in [1.165, 1.54) is 23.7 Å². The molecule has 3 atom stereocenters. The Morgan fingerprint density at radius 3 is 1.92 bits per heavy atom. The van der Waals surface area contributed by atoms with E-state index in [-0.39, 0.29) is 16.0 Å². The molecule has 0 amide bonds. The van der Waals surface area contributed by atoms with E-state index in [4.69, 9.17) is 0 Å². The smallest absolute Gasteiger partial charge is 0.123 e. The molecule has 0 aliphatic heterocycles. The summed E-state index contributed by atoms with van der Waals surface area (Å²) in [6, 6.07) is 12.9. The molecule has 0 aromatic heterocycles. The number of hydrogen-bond donors (Lipinski definition) is 2. The zero-order valence-corrected chi connectivity index (χ0v) is 26.7. The van der Waals surface area contributed by atoms with Crippen molar-refractivity contribution in [2.75, 3.05) is 0 Å². The summed E-state index contributed by atoms with van der Waals surface area (Å²) in [7, 11) is 0.439. The van der Waals surface area contributed by atoms with Crippen LogP contribution in [0.25, 0.3) is 0 Å². The van der Waals surface area contributed by atoms with Crippen LogP contribution in [0.4, 0.5) is 0 Å². The first-order valence-corrected chi connectivity index (χ1v) is 15.5. The molecular weight excluding hydrogens is 471 g/mol. The first kappa shape index (κ1) is 31.8. The summed E-state index contributed by atoms with van der Waals surface area (Å²) in [6.07, 6.45) is 6.76. The highest BCUT2D eigenvalue weighted by molar-refractivity contribution is 7.48. The molecule has 2 aromatic carbocycles. The minimum absolute atomic E-state index is 0.0281. The Labute approximate surface area is 230 Å². The second-order valence-electron chi connectivity index (χ2n) is 13.6. The van der Waals surface area contributed by atoms with Gasteiger partial charge < -0.3 is 10.2 Å². The Bertz CT molecular complexity index is 1030. The number of rotatable bonds is 12. The fraction of sp³-hybridized carbons (Fsp3) is 0.647. The minimum atomic E-state index is -0.910. The van der Waals surface area contributed by atoms with Crippen molar-refractivity contribution >= 4 is 13.9 Å². The van der Waals surface area contributed by atoms with E-state index in [0.29, 0.717) is 20.2 Å². The van der Waals surface area contributed by atoms with E-state index >= 15 is 0 Å². The van der Waals surface area contributed by atoms with Gasteiger partial charge in [0.05, 0.1) is 5.60 Å². The molecule has 0 fully saturated rings. The van der Waals surface area contributed by atoms with Crippen molar-refractivity contribution in [1.82, 2.24) is 0 Å². The van der Waals surface area contributed by atoms with E-state index < -0.39 is 5.60 Å². The summed E-state index contributed by atoms with van der Waals surface area (Å²) in [5.74, 6) is 0.940. The van der Waals surface area contributed by atoms with Crippen LogP contribution in [0.5, 0.6) is 5.75 Å². The fourth-order valence-corrected chi connectivity index (χ4v) is 7.26. The van der Waals surface area contributed by atoms with Gasteiger partial charge in [0.2, 0.25) is 0 Å². The molecule has 0 spiro atoms. The molecule has 208 valence electrons. The number of aliphatic hydroxyl groups is 1. The first-order valence-electron chi connectivity index (χ1n) is 14.5. The second kappa shape index (κ2) is 12.2. The first-order chi connectivity index (χ1) is 17.0. The summed E-state index contributed by atoms with van der Waals surface area (Å²) in [4.78, 5) is 0. The van der Waals surface area contributed by atoms with E-state index in [2.05, 4.69) is 92.6 Å². The Balaban J connectivity index is 2.80. The molecule has 2 rings (SSSR count). The average molecular weight is 527 g/mol. The molecule has 0 saturated heterocycles. The number of phenols is 1. The number of hydrogen-bond acceptors (Lipinski definition) is 2. The summed E-state index contributed by atoms with van der Waals surface area (Å²) in [5.41, 5.74) is 3.34. The van der Waals surface area contributed by atoms with E-state index in [1.54, 1.807) is 0 Å². The summed E-state index contributed by atoms with van der Waals surface area (Å²) < 4.78 is 0. The summed E-state index contributed by atoms with van der Waals surface area (Å²) in [6.45, 7) is 24.4. The van der Waals surface area contributed by atoms with Gasteiger partial charge in [0, 0.05) is 16.3 Å². The summed E-state index contributed by atoms with van der Waals surface area (Å²) in [5, 5.41) is 24.0. The highest BCUT2D eigenvalue weighted by Crippen LogP contribution is 2.53. The standard InChI is InChI=1S/C34H55O2P/c1-12-14-18-24(3)32(7,8)27-22-25(31(4,5)6)23-28(30(27)35)34(11,21-15-13-2)37-29-20-17-16-19-26(29)33(9,10)36/h16-17,19-20,22-24,35-37H,12-15,18,21H2,1-11H3. The van der Waals surface area contributed by atoms with E-state index in [9.17, 15) is 10.2 Å². The normalized spacial score (nSPS) is 15.8. The molecule has 2 nitrogen and oxygen atoms in total. The number of benzene rings is 2. The molecule has 3 heteroatoms. The highest BCUT2D eigenvalue weighted by Gasteiger charge is 2.38.